The van der Waals surface area contributed by atoms with Crippen LogP contribution in [-0.4, -0.2) is 57.1 Å². The van der Waals surface area contributed by atoms with E-state index in [0.717, 1.165) is 0 Å². The average molecular weight is 170 g/mol. The first kappa shape index (κ1) is 8.50. The molecule has 2 radical (unpaired) electrons. The Morgan fingerprint density at radius 1 is 1.75 bits per heavy atom. The summed E-state index contributed by atoms with van der Waals surface area (Å²) in [5, 5.41) is 9.67. The lowest BCUT2D eigenvalue weighted by Gasteiger charge is -2.28. The number of methoxy groups -OCH3 is 1. The van der Waals surface area contributed by atoms with Crippen LogP contribution in [0.4, 0.5) is 0 Å². The molecule has 2 fully saturated rings. The van der Waals surface area contributed by atoms with E-state index in [1.807, 2.05) is 0 Å². The highest BCUT2D eigenvalue weighted by atomic mass is 16.6. The summed E-state index contributed by atoms with van der Waals surface area (Å²) in [7, 11) is 7.12. The molecule has 0 aromatic heterocycles. The molecule has 0 amide bonds. The van der Waals surface area contributed by atoms with Gasteiger partial charge >= 0.3 is 0 Å². The molecule has 4 nitrogen and oxygen atoms in total. The van der Waals surface area contributed by atoms with E-state index in [0.29, 0.717) is 13.2 Å². The van der Waals surface area contributed by atoms with Crippen LogP contribution in [0.25, 0.3) is 0 Å². The molecule has 0 spiro atoms. The van der Waals surface area contributed by atoms with E-state index in [2.05, 4.69) is 0 Å². The lowest BCUT2D eigenvalue weighted by Crippen LogP contribution is -2.45. The Hall–Kier alpha value is -0.0951. The van der Waals surface area contributed by atoms with Gasteiger partial charge in [-0.1, -0.05) is 0 Å². The average Bonchev–Trinajstić information content (AvgIpc) is 2.41. The summed E-state index contributed by atoms with van der Waals surface area (Å²) in [6, 6.07) is -0.524. The van der Waals surface area contributed by atoms with E-state index in [1.165, 1.54) is 0 Å². The normalized spacial score (nSPS) is 51.7. The summed E-state index contributed by atoms with van der Waals surface area (Å²) < 4.78 is 15.6. The van der Waals surface area contributed by atoms with E-state index in [1.54, 1.807) is 7.11 Å². The highest BCUT2D eigenvalue weighted by molar-refractivity contribution is 6.11. The monoisotopic (exact) mass is 170 g/mol. The fourth-order valence-electron chi connectivity index (χ4n) is 1.83. The van der Waals surface area contributed by atoms with E-state index in [9.17, 15) is 5.11 Å². The van der Waals surface area contributed by atoms with Crippen LogP contribution in [-0.2, 0) is 14.2 Å². The zero-order valence-corrected chi connectivity index (χ0v) is 6.90. The van der Waals surface area contributed by atoms with Gasteiger partial charge in [-0.15, -0.1) is 0 Å². The molecular formula is C7H11BO4. The summed E-state index contributed by atoms with van der Waals surface area (Å²) in [6.07, 6.45) is -1.05. The van der Waals surface area contributed by atoms with Crippen LogP contribution in [0.2, 0.25) is 0 Å². The molecule has 2 saturated heterocycles. The minimum Gasteiger partial charge on any atom is -0.387 e. The summed E-state index contributed by atoms with van der Waals surface area (Å²) in [6.45, 7) is 0.679. The molecule has 12 heavy (non-hydrogen) atoms. The van der Waals surface area contributed by atoms with Gasteiger partial charge in [-0.25, -0.2) is 0 Å². The minimum atomic E-state index is -0.723. The zero-order valence-electron chi connectivity index (χ0n) is 6.90. The zero-order chi connectivity index (χ0) is 8.77. The highest BCUT2D eigenvalue weighted by Crippen LogP contribution is 2.38. The number of rotatable bonds is 2. The third-order valence-corrected chi connectivity index (χ3v) is 2.45. The van der Waals surface area contributed by atoms with Gasteiger partial charge in [0.25, 0.3) is 0 Å². The van der Waals surface area contributed by atoms with E-state index in [-0.39, 0.29) is 6.10 Å². The molecule has 2 aliphatic rings. The minimum absolute atomic E-state index is 0.318. The van der Waals surface area contributed by atoms with Gasteiger partial charge in [0.05, 0.1) is 13.2 Å². The van der Waals surface area contributed by atoms with Crippen LogP contribution < -0.4 is 0 Å². The molecule has 4 atom stereocenters. The Morgan fingerprint density at radius 3 is 2.92 bits per heavy atom. The molecule has 5 heteroatoms. The van der Waals surface area contributed by atoms with Crippen LogP contribution in [0.15, 0.2) is 0 Å². The number of fused-ring (bicyclic) bond motifs is 2. The number of aliphatic hydroxyl groups is 1. The van der Waals surface area contributed by atoms with Gasteiger partial charge in [-0.05, 0) is 0 Å². The molecule has 2 bridgehead atoms. The molecule has 0 aromatic rings. The number of aliphatic hydroxyl groups excluding tert-OH is 1. The van der Waals surface area contributed by atoms with Gasteiger partial charge < -0.3 is 19.3 Å². The van der Waals surface area contributed by atoms with Crippen molar-refractivity contribution in [3.8, 4) is 0 Å². The quantitative estimate of drug-likeness (QED) is 0.521. The van der Waals surface area contributed by atoms with Crippen molar-refractivity contribution in [1.29, 1.82) is 0 Å². The van der Waals surface area contributed by atoms with Gasteiger partial charge in [-0.3, -0.25) is 0 Å². The van der Waals surface area contributed by atoms with Crippen molar-refractivity contribution in [2.24, 2.45) is 0 Å². The van der Waals surface area contributed by atoms with Gasteiger partial charge in [0.1, 0.15) is 25.7 Å². The first-order chi connectivity index (χ1) is 5.69. The topological polar surface area (TPSA) is 47.9 Å². The van der Waals surface area contributed by atoms with Crippen molar-refractivity contribution in [2.75, 3.05) is 20.3 Å². The van der Waals surface area contributed by atoms with Gasteiger partial charge in [0.2, 0.25) is 0 Å². The molecule has 1 N–H and O–H groups in total. The van der Waals surface area contributed by atoms with Crippen molar-refractivity contribution < 1.29 is 19.3 Å². The fourth-order valence-corrected chi connectivity index (χ4v) is 1.83. The van der Waals surface area contributed by atoms with Gasteiger partial charge in [-0.2, -0.15) is 0 Å². The highest BCUT2D eigenvalue weighted by Gasteiger charge is 2.59. The van der Waals surface area contributed by atoms with Crippen molar-refractivity contribution in [3.05, 3.63) is 0 Å². The fraction of sp³-hybridized carbons (Fsp3) is 1.00. The molecule has 1 unspecified atom stereocenters. The molecule has 2 aliphatic heterocycles. The predicted molar refractivity (Wildman–Crippen MR) is 41.0 cm³/mol. The van der Waals surface area contributed by atoms with E-state index < -0.39 is 17.7 Å². The molecule has 2 heterocycles. The number of hydrogen-bond donors (Lipinski definition) is 1. The van der Waals surface area contributed by atoms with Crippen molar-refractivity contribution in [1.82, 2.24) is 0 Å². The van der Waals surface area contributed by atoms with Crippen molar-refractivity contribution in [3.63, 3.8) is 0 Å². The summed E-state index contributed by atoms with van der Waals surface area (Å²) in [5.74, 6) is 0. The summed E-state index contributed by atoms with van der Waals surface area (Å²) in [4.78, 5) is 0. The molecule has 0 aromatic carbocycles. The van der Waals surface area contributed by atoms with E-state index in [4.69, 9.17) is 22.1 Å². The van der Waals surface area contributed by atoms with Crippen molar-refractivity contribution in [2.45, 2.75) is 23.8 Å². The first-order valence-electron chi connectivity index (χ1n) is 3.92. The van der Waals surface area contributed by atoms with Crippen LogP contribution in [0.3, 0.4) is 0 Å². The second-order valence-electron chi connectivity index (χ2n) is 3.30. The maximum absolute atomic E-state index is 9.67. The van der Waals surface area contributed by atoms with E-state index >= 15 is 0 Å². The second kappa shape index (κ2) is 2.70. The maximum Gasteiger partial charge on any atom is 0.142 e. The molecular weight excluding hydrogens is 159 g/mol. The summed E-state index contributed by atoms with van der Waals surface area (Å²) in [5.41, 5.74) is -0.723. The number of hydrogen-bond acceptors (Lipinski definition) is 4. The molecule has 0 saturated carbocycles. The molecule has 0 aliphatic carbocycles. The predicted octanol–water partition coefficient (Wildman–Crippen LogP) is -1.34. The lowest BCUT2D eigenvalue weighted by atomic mass is 9.92. The SMILES string of the molecule is [B][C@@H]1O[C@@]2(COC)CO[C@H]1C2O. The molecule has 2 rings (SSSR count). The van der Waals surface area contributed by atoms with Crippen molar-refractivity contribution >= 4 is 7.85 Å². The maximum atomic E-state index is 9.67. The van der Waals surface area contributed by atoms with Crippen LogP contribution in [0.5, 0.6) is 0 Å². The van der Waals surface area contributed by atoms with Crippen LogP contribution in [0.1, 0.15) is 0 Å². The van der Waals surface area contributed by atoms with Gasteiger partial charge in [0.15, 0.2) is 0 Å². The Balaban J connectivity index is 2.15. The first-order valence-corrected chi connectivity index (χ1v) is 3.92. The third-order valence-electron chi connectivity index (χ3n) is 2.45. The lowest BCUT2D eigenvalue weighted by molar-refractivity contribution is -0.142. The van der Waals surface area contributed by atoms with Crippen LogP contribution >= 0.6 is 0 Å². The number of ether oxygens (including phenoxy) is 3. The smallest absolute Gasteiger partial charge is 0.142 e. The standard InChI is InChI=1S/C7H11BO4/c1-10-2-7-3-11-4(5(7)9)6(8)12-7/h4-6,9H,2-3H2,1H3/t4-,5?,6+,7-/m0/s1. The second-order valence-corrected chi connectivity index (χ2v) is 3.30. The Labute approximate surface area is 72.2 Å². The summed E-state index contributed by atoms with van der Waals surface area (Å²) >= 11 is 0. The largest absolute Gasteiger partial charge is 0.387 e. The Kier molecular flexibility index (Phi) is 1.91. The van der Waals surface area contributed by atoms with Gasteiger partial charge in [0, 0.05) is 13.1 Å². The Bertz CT molecular complexity index is 188. The molecule has 66 valence electrons. The van der Waals surface area contributed by atoms with Crippen LogP contribution in [0, 0.1) is 0 Å². The Morgan fingerprint density at radius 2 is 2.50 bits per heavy atom. The third kappa shape index (κ3) is 0.940.